The highest BCUT2D eigenvalue weighted by Crippen LogP contribution is 2.21. The molecule has 0 spiro atoms. The number of hydrogen-bond acceptors (Lipinski definition) is 4. The molecule has 17 heavy (non-hydrogen) atoms. The molecule has 0 saturated carbocycles. The molecule has 2 heterocycles. The lowest BCUT2D eigenvalue weighted by Gasteiger charge is -2.09. The van der Waals surface area contributed by atoms with Gasteiger partial charge < -0.3 is 5.73 Å². The number of hydrogen-bond donors (Lipinski definition) is 1. The zero-order chi connectivity index (χ0) is 12.3. The minimum atomic E-state index is 0.713. The van der Waals surface area contributed by atoms with Gasteiger partial charge in [0.1, 0.15) is 0 Å². The van der Waals surface area contributed by atoms with E-state index in [0.717, 1.165) is 35.6 Å². The van der Waals surface area contributed by atoms with E-state index >= 15 is 0 Å². The van der Waals surface area contributed by atoms with E-state index in [0.29, 0.717) is 6.54 Å². The zero-order valence-electron chi connectivity index (χ0n) is 10.2. The average Bonchev–Trinajstić information content (AvgIpc) is 2.81. The Labute approximate surface area is 106 Å². The number of thiophene rings is 1. The third-order valence-electron chi connectivity index (χ3n) is 2.83. The standard InChI is InChI=1S/C13H17N3S/c1-9-12(4-3-6-14)10(2)16-13(15-9)11-5-7-17-8-11/h5,7-8H,3-4,6,14H2,1-2H3. The quantitative estimate of drug-likeness (QED) is 0.903. The molecule has 0 saturated heterocycles. The summed E-state index contributed by atoms with van der Waals surface area (Å²) in [5.74, 6) is 0.831. The molecule has 2 aromatic heterocycles. The van der Waals surface area contributed by atoms with E-state index < -0.39 is 0 Å². The van der Waals surface area contributed by atoms with Crippen LogP contribution in [0.5, 0.6) is 0 Å². The third kappa shape index (κ3) is 2.70. The molecule has 0 radical (unpaired) electrons. The van der Waals surface area contributed by atoms with Crippen LogP contribution in [0.25, 0.3) is 11.4 Å². The zero-order valence-corrected chi connectivity index (χ0v) is 11.0. The van der Waals surface area contributed by atoms with Gasteiger partial charge in [-0.25, -0.2) is 9.97 Å². The van der Waals surface area contributed by atoms with Gasteiger partial charge in [0.25, 0.3) is 0 Å². The molecule has 2 N–H and O–H groups in total. The normalized spacial score (nSPS) is 10.8. The molecule has 2 rings (SSSR count). The van der Waals surface area contributed by atoms with E-state index in [-0.39, 0.29) is 0 Å². The number of nitrogens with zero attached hydrogens (tertiary/aromatic N) is 2. The van der Waals surface area contributed by atoms with E-state index in [1.54, 1.807) is 11.3 Å². The molecule has 3 nitrogen and oxygen atoms in total. The van der Waals surface area contributed by atoms with Crippen molar-refractivity contribution in [2.75, 3.05) is 6.54 Å². The van der Waals surface area contributed by atoms with E-state index in [1.807, 2.05) is 5.38 Å². The highest BCUT2D eigenvalue weighted by Gasteiger charge is 2.09. The molecule has 90 valence electrons. The predicted molar refractivity (Wildman–Crippen MR) is 72.2 cm³/mol. The lowest BCUT2D eigenvalue weighted by molar-refractivity contribution is 0.806. The van der Waals surface area contributed by atoms with E-state index in [1.165, 1.54) is 5.56 Å². The molecular weight excluding hydrogens is 230 g/mol. The largest absolute Gasteiger partial charge is 0.330 e. The Morgan fingerprint density at radius 3 is 2.47 bits per heavy atom. The molecule has 0 fully saturated rings. The van der Waals surface area contributed by atoms with Gasteiger partial charge in [0, 0.05) is 22.3 Å². The highest BCUT2D eigenvalue weighted by atomic mass is 32.1. The number of aryl methyl sites for hydroxylation is 2. The van der Waals surface area contributed by atoms with Crippen molar-refractivity contribution in [2.45, 2.75) is 26.7 Å². The van der Waals surface area contributed by atoms with Gasteiger partial charge in [-0.3, -0.25) is 0 Å². The van der Waals surface area contributed by atoms with Gasteiger partial charge >= 0.3 is 0 Å². The molecule has 0 aliphatic heterocycles. The van der Waals surface area contributed by atoms with Crippen LogP contribution in [0.2, 0.25) is 0 Å². The fourth-order valence-electron chi connectivity index (χ4n) is 1.90. The maximum Gasteiger partial charge on any atom is 0.160 e. The monoisotopic (exact) mass is 247 g/mol. The van der Waals surface area contributed by atoms with Crippen LogP contribution in [-0.2, 0) is 6.42 Å². The van der Waals surface area contributed by atoms with Crippen molar-refractivity contribution in [2.24, 2.45) is 5.73 Å². The van der Waals surface area contributed by atoms with Crippen molar-refractivity contribution in [3.63, 3.8) is 0 Å². The molecule has 0 amide bonds. The van der Waals surface area contributed by atoms with Gasteiger partial charge in [0.15, 0.2) is 5.82 Å². The maximum absolute atomic E-state index is 5.54. The number of rotatable bonds is 4. The van der Waals surface area contributed by atoms with Gasteiger partial charge in [-0.1, -0.05) is 0 Å². The minimum Gasteiger partial charge on any atom is -0.330 e. The lowest BCUT2D eigenvalue weighted by atomic mass is 10.1. The highest BCUT2D eigenvalue weighted by molar-refractivity contribution is 7.08. The molecular formula is C13H17N3S. The first-order valence-corrected chi connectivity index (χ1v) is 6.73. The second kappa shape index (κ2) is 5.38. The third-order valence-corrected chi connectivity index (χ3v) is 3.51. The van der Waals surface area contributed by atoms with Gasteiger partial charge in [0.05, 0.1) is 0 Å². The molecule has 0 unspecified atom stereocenters. The second-order valence-corrected chi connectivity index (χ2v) is 4.88. The first-order valence-electron chi connectivity index (χ1n) is 5.79. The summed E-state index contributed by atoms with van der Waals surface area (Å²) in [5, 5.41) is 4.12. The van der Waals surface area contributed by atoms with Crippen molar-refractivity contribution >= 4 is 11.3 Å². The molecule has 0 bridgehead atoms. The van der Waals surface area contributed by atoms with Crippen molar-refractivity contribution in [1.29, 1.82) is 0 Å². The summed E-state index contributed by atoms with van der Waals surface area (Å²) in [6, 6.07) is 2.05. The van der Waals surface area contributed by atoms with Gasteiger partial charge in [0.2, 0.25) is 0 Å². The summed E-state index contributed by atoms with van der Waals surface area (Å²) >= 11 is 1.67. The van der Waals surface area contributed by atoms with E-state index in [4.69, 9.17) is 5.73 Å². The second-order valence-electron chi connectivity index (χ2n) is 4.10. The molecule has 0 atom stereocenters. The predicted octanol–water partition coefficient (Wildman–Crippen LogP) is 2.71. The maximum atomic E-state index is 5.54. The molecule has 0 aliphatic rings. The molecule has 2 aromatic rings. The summed E-state index contributed by atoms with van der Waals surface area (Å²) < 4.78 is 0. The Morgan fingerprint density at radius 2 is 1.94 bits per heavy atom. The summed E-state index contributed by atoms with van der Waals surface area (Å²) in [5.41, 5.74) is 10.0. The van der Waals surface area contributed by atoms with Gasteiger partial charge in [-0.2, -0.15) is 11.3 Å². The van der Waals surface area contributed by atoms with E-state index in [9.17, 15) is 0 Å². The molecule has 0 aliphatic carbocycles. The SMILES string of the molecule is Cc1nc(-c2ccsc2)nc(C)c1CCCN. The topological polar surface area (TPSA) is 51.8 Å². The van der Waals surface area contributed by atoms with Crippen LogP contribution < -0.4 is 5.73 Å². The lowest BCUT2D eigenvalue weighted by Crippen LogP contribution is -2.06. The van der Waals surface area contributed by atoms with Crippen molar-refractivity contribution in [1.82, 2.24) is 9.97 Å². The Hall–Kier alpha value is -1.26. The van der Waals surface area contributed by atoms with Crippen LogP contribution in [0, 0.1) is 13.8 Å². The van der Waals surface area contributed by atoms with Crippen molar-refractivity contribution < 1.29 is 0 Å². The van der Waals surface area contributed by atoms with Gasteiger partial charge in [-0.05, 0) is 50.2 Å². The van der Waals surface area contributed by atoms with Crippen molar-refractivity contribution in [3.05, 3.63) is 33.8 Å². The summed E-state index contributed by atoms with van der Waals surface area (Å²) in [7, 11) is 0. The summed E-state index contributed by atoms with van der Waals surface area (Å²) in [4.78, 5) is 9.17. The average molecular weight is 247 g/mol. The van der Waals surface area contributed by atoms with Crippen LogP contribution in [0.1, 0.15) is 23.4 Å². The van der Waals surface area contributed by atoms with Crippen LogP contribution in [0.3, 0.4) is 0 Å². The fourth-order valence-corrected chi connectivity index (χ4v) is 2.54. The summed E-state index contributed by atoms with van der Waals surface area (Å²) in [6.07, 6.45) is 1.96. The van der Waals surface area contributed by atoms with E-state index in [2.05, 4.69) is 35.3 Å². The number of nitrogens with two attached hydrogens (primary N) is 1. The van der Waals surface area contributed by atoms with Gasteiger partial charge in [-0.15, -0.1) is 0 Å². The first-order chi connectivity index (χ1) is 8.22. The van der Waals surface area contributed by atoms with Crippen LogP contribution in [0.15, 0.2) is 16.8 Å². The molecule has 4 heteroatoms. The van der Waals surface area contributed by atoms with Crippen LogP contribution in [-0.4, -0.2) is 16.5 Å². The molecule has 0 aromatic carbocycles. The van der Waals surface area contributed by atoms with Crippen LogP contribution >= 0.6 is 11.3 Å². The minimum absolute atomic E-state index is 0.713. The Bertz CT molecular complexity index is 468. The smallest absolute Gasteiger partial charge is 0.160 e. The first kappa shape index (κ1) is 12.2. The van der Waals surface area contributed by atoms with Crippen molar-refractivity contribution in [3.8, 4) is 11.4 Å². The fraction of sp³-hybridized carbons (Fsp3) is 0.385. The summed E-state index contributed by atoms with van der Waals surface area (Å²) in [6.45, 7) is 4.82. The Balaban J connectivity index is 2.35. The number of aromatic nitrogens is 2. The Kier molecular flexibility index (Phi) is 3.86. The van der Waals surface area contributed by atoms with Crippen LogP contribution in [0.4, 0.5) is 0 Å². The Morgan fingerprint density at radius 1 is 1.24 bits per heavy atom.